The Hall–Kier alpha value is -2.68. The fourth-order valence-corrected chi connectivity index (χ4v) is 3.21. The van der Waals surface area contributed by atoms with Crippen molar-refractivity contribution in [1.82, 2.24) is 5.32 Å². The molecule has 1 aliphatic rings. The Bertz CT molecular complexity index is 737. The van der Waals surface area contributed by atoms with E-state index in [2.05, 4.69) is 17.4 Å². The summed E-state index contributed by atoms with van der Waals surface area (Å²) in [5.41, 5.74) is 2.38. The monoisotopic (exact) mass is 333 g/mol. The molecule has 0 aliphatic heterocycles. The number of allylic oxidation sites excluding steroid dienone is 1. The Labute approximate surface area is 148 Å². The van der Waals surface area contributed by atoms with Crippen molar-refractivity contribution >= 4 is 11.7 Å². The van der Waals surface area contributed by atoms with Gasteiger partial charge in [0.2, 0.25) is 5.91 Å². The van der Waals surface area contributed by atoms with Crippen LogP contribution < -0.4 is 5.32 Å². The summed E-state index contributed by atoms with van der Waals surface area (Å²) in [5.74, 6) is 0.216. The maximum absolute atomic E-state index is 12.2. The van der Waals surface area contributed by atoms with Crippen LogP contribution in [-0.2, 0) is 22.4 Å². The maximum Gasteiger partial charge on any atom is 0.220 e. The quantitative estimate of drug-likeness (QED) is 0.879. The Balaban J connectivity index is 1.52. The van der Waals surface area contributed by atoms with Crippen LogP contribution in [0.1, 0.15) is 24.0 Å². The Kier molecular flexibility index (Phi) is 5.78. The van der Waals surface area contributed by atoms with Crippen LogP contribution in [0.2, 0.25) is 0 Å². The van der Waals surface area contributed by atoms with E-state index in [-0.39, 0.29) is 17.6 Å². The van der Waals surface area contributed by atoms with Crippen molar-refractivity contribution in [3.05, 3.63) is 83.9 Å². The maximum atomic E-state index is 12.2. The molecule has 2 atom stereocenters. The number of carbonyl (C=O) groups excluding carboxylic acids is 2. The molecule has 1 aliphatic carbocycles. The van der Waals surface area contributed by atoms with E-state index < -0.39 is 6.04 Å². The molecular weight excluding hydrogens is 310 g/mol. The van der Waals surface area contributed by atoms with Gasteiger partial charge in [0.1, 0.15) is 0 Å². The molecule has 0 saturated carbocycles. The fourth-order valence-electron chi connectivity index (χ4n) is 3.21. The van der Waals surface area contributed by atoms with Crippen molar-refractivity contribution in [3.8, 4) is 0 Å². The van der Waals surface area contributed by atoms with E-state index in [4.69, 9.17) is 0 Å². The largest absolute Gasteiger partial charge is 0.346 e. The minimum Gasteiger partial charge on any atom is -0.346 e. The lowest BCUT2D eigenvalue weighted by atomic mass is 9.86. The first-order valence-electron chi connectivity index (χ1n) is 8.80. The summed E-state index contributed by atoms with van der Waals surface area (Å²) >= 11 is 0. The molecular formula is C22H23NO2. The van der Waals surface area contributed by atoms with E-state index in [1.807, 2.05) is 54.6 Å². The summed E-state index contributed by atoms with van der Waals surface area (Å²) in [6, 6.07) is 19.8. The lowest BCUT2D eigenvalue weighted by molar-refractivity contribution is -0.126. The van der Waals surface area contributed by atoms with Crippen LogP contribution in [0.3, 0.4) is 0 Å². The number of aryl methyl sites for hydroxylation is 1. The normalized spacial score (nSPS) is 19.6. The van der Waals surface area contributed by atoms with Crippen molar-refractivity contribution in [2.45, 2.75) is 31.7 Å². The van der Waals surface area contributed by atoms with E-state index in [0.717, 1.165) is 12.0 Å². The zero-order chi connectivity index (χ0) is 17.5. The molecule has 3 heteroatoms. The molecule has 2 unspecified atom stereocenters. The lowest BCUT2D eigenvalue weighted by Crippen LogP contribution is -2.43. The highest BCUT2D eigenvalue weighted by atomic mass is 16.2. The minimum atomic E-state index is -0.401. The minimum absolute atomic E-state index is 0.00243. The third-order valence-corrected chi connectivity index (χ3v) is 4.57. The Morgan fingerprint density at radius 2 is 1.60 bits per heavy atom. The van der Waals surface area contributed by atoms with Crippen molar-refractivity contribution in [2.24, 2.45) is 5.92 Å². The van der Waals surface area contributed by atoms with E-state index in [0.29, 0.717) is 19.3 Å². The number of rotatable bonds is 6. The van der Waals surface area contributed by atoms with E-state index >= 15 is 0 Å². The zero-order valence-electron chi connectivity index (χ0n) is 14.2. The highest BCUT2D eigenvalue weighted by molar-refractivity contribution is 5.97. The van der Waals surface area contributed by atoms with Crippen LogP contribution in [0.15, 0.2) is 72.8 Å². The molecule has 0 heterocycles. The predicted octanol–water partition coefficient (Wildman–Crippen LogP) is 3.49. The summed E-state index contributed by atoms with van der Waals surface area (Å²) in [4.78, 5) is 24.3. The second kappa shape index (κ2) is 8.43. The molecule has 0 bridgehead atoms. The van der Waals surface area contributed by atoms with Gasteiger partial charge in [-0.25, -0.2) is 0 Å². The van der Waals surface area contributed by atoms with Gasteiger partial charge in [-0.05, 0) is 42.4 Å². The standard InChI is InChI=1S/C22H23NO2/c24-21-13-11-19(15-18-9-5-2-6-10-18)16-20(21)23-22(25)14-12-17-7-3-1-4-8-17/h1-11,13,19-20H,12,14-16H2,(H,23,25). The van der Waals surface area contributed by atoms with E-state index in [1.54, 1.807) is 6.08 Å². The van der Waals surface area contributed by atoms with Crippen LogP contribution in [0, 0.1) is 5.92 Å². The van der Waals surface area contributed by atoms with E-state index in [9.17, 15) is 9.59 Å². The summed E-state index contributed by atoms with van der Waals surface area (Å²) in [6.45, 7) is 0. The van der Waals surface area contributed by atoms with Gasteiger partial charge in [-0.3, -0.25) is 9.59 Å². The molecule has 3 nitrogen and oxygen atoms in total. The Morgan fingerprint density at radius 1 is 0.960 bits per heavy atom. The molecule has 1 N–H and O–H groups in total. The van der Waals surface area contributed by atoms with Crippen molar-refractivity contribution in [1.29, 1.82) is 0 Å². The molecule has 25 heavy (non-hydrogen) atoms. The van der Waals surface area contributed by atoms with Crippen LogP contribution in [-0.4, -0.2) is 17.7 Å². The number of carbonyl (C=O) groups is 2. The average Bonchev–Trinajstić information content (AvgIpc) is 2.64. The first-order chi connectivity index (χ1) is 12.2. The molecule has 0 radical (unpaired) electrons. The summed E-state index contributed by atoms with van der Waals surface area (Å²) in [6.07, 6.45) is 6.25. The zero-order valence-corrected chi connectivity index (χ0v) is 14.2. The van der Waals surface area contributed by atoms with Gasteiger partial charge < -0.3 is 5.32 Å². The highest BCUT2D eigenvalue weighted by Gasteiger charge is 2.26. The van der Waals surface area contributed by atoms with Gasteiger partial charge in [0.15, 0.2) is 5.78 Å². The first-order valence-corrected chi connectivity index (χ1v) is 8.80. The molecule has 0 aromatic heterocycles. The number of amides is 1. The third kappa shape index (κ3) is 5.15. The molecule has 0 spiro atoms. The second-order valence-corrected chi connectivity index (χ2v) is 6.55. The number of ketones is 1. The van der Waals surface area contributed by atoms with Crippen molar-refractivity contribution in [2.75, 3.05) is 0 Å². The molecule has 128 valence electrons. The molecule has 2 aromatic carbocycles. The van der Waals surface area contributed by atoms with Gasteiger partial charge in [-0.1, -0.05) is 66.7 Å². The lowest BCUT2D eigenvalue weighted by Gasteiger charge is -2.24. The van der Waals surface area contributed by atoms with E-state index in [1.165, 1.54) is 5.56 Å². The van der Waals surface area contributed by atoms with Gasteiger partial charge >= 0.3 is 0 Å². The number of nitrogens with one attached hydrogen (secondary N) is 1. The topological polar surface area (TPSA) is 46.2 Å². The predicted molar refractivity (Wildman–Crippen MR) is 99.1 cm³/mol. The van der Waals surface area contributed by atoms with Crippen LogP contribution in [0.5, 0.6) is 0 Å². The van der Waals surface area contributed by atoms with Gasteiger partial charge in [0, 0.05) is 6.42 Å². The SMILES string of the molecule is O=C(CCc1ccccc1)NC1CC(Cc2ccccc2)C=CC1=O. The second-order valence-electron chi connectivity index (χ2n) is 6.55. The number of hydrogen-bond donors (Lipinski definition) is 1. The van der Waals surface area contributed by atoms with Gasteiger partial charge in [-0.15, -0.1) is 0 Å². The Morgan fingerprint density at radius 3 is 2.28 bits per heavy atom. The molecule has 0 fully saturated rings. The first kappa shape index (κ1) is 17.2. The molecule has 2 aromatic rings. The smallest absolute Gasteiger partial charge is 0.220 e. The summed E-state index contributed by atoms with van der Waals surface area (Å²) in [7, 11) is 0. The molecule has 0 saturated heterocycles. The average molecular weight is 333 g/mol. The summed E-state index contributed by atoms with van der Waals surface area (Å²) in [5, 5.41) is 2.91. The molecule has 1 amide bonds. The van der Waals surface area contributed by atoms with Crippen molar-refractivity contribution < 1.29 is 9.59 Å². The van der Waals surface area contributed by atoms with Gasteiger partial charge in [0.05, 0.1) is 6.04 Å². The van der Waals surface area contributed by atoms with Crippen molar-refractivity contribution in [3.63, 3.8) is 0 Å². The fraction of sp³-hybridized carbons (Fsp3) is 0.273. The molecule has 3 rings (SSSR count). The van der Waals surface area contributed by atoms with Crippen LogP contribution in [0.4, 0.5) is 0 Å². The van der Waals surface area contributed by atoms with Crippen LogP contribution >= 0.6 is 0 Å². The van der Waals surface area contributed by atoms with Crippen LogP contribution in [0.25, 0.3) is 0 Å². The number of hydrogen-bond acceptors (Lipinski definition) is 2. The van der Waals surface area contributed by atoms with Gasteiger partial charge in [-0.2, -0.15) is 0 Å². The third-order valence-electron chi connectivity index (χ3n) is 4.57. The highest BCUT2D eigenvalue weighted by Crippen LogP contribution is 2.20. The number of benzene rings is 2. The summed E-state index contributed by atoms with van der Waals surface area (Å²) < 4.78 is 0. The van der Waals surface area contributed by atoms with Gasteiger partial charge in [0.25, 0.3) is 0 Å².